The zero-order valence-corrected chi connectivity index (χ0v) is 12.7. The van der Waals surface area contributed by atoms with Gasteiger partial charge in [0.25, 0.3) is 5.91 Å². The van der Waals surface area contributed by atoms with Gasteiger partial charge in [0.15, 0.2) is 0 Å². The maximum absolute atomic E-state index is 12.9. The van der Waals surface area contributed by atoms with Crippen molar-refractivity contribution >= 4 is 39.1 Å². The molecule has 0 unspecified atom stereocenters. The molecule has 2 aromatic carbocycles. The summed E-state index contributed by atoms with van der Waals surface area (Å²) in [5.41, 5.74) is -1.14. The molecule has 0 saturated carbocycles. The Morgan fingerprint density at radius 2 is 1.81 bits per heavy atom. The first-order valence-corrected chi connectivity index (χ1v) is 6.89. The third-order valence-corrected chi connectivity index (χ3v) is 3.58. The summed E-state index contributed by atoms with van der Waals surface area (Å²) in [6.07, 6.45) is -4.60. The first-order chi connectivity index (χ1) is 9.79. The Morgan fingerprint density at radius 1 is 1.14 bits per heavy atom. The lowest BCUT2D eigenvalue weighted by Crippen LogP contribution is -2.18. The van der Waals surface area contributed by atoms with E-state index in [0.29, 0.717) is 15.2 Å². The highest BCUT2D eigenvalue weighted by atomic mass is 79.9. The Balaban J connectivity index is 2.36. The highest BCUT2D eigenvalue weighted by Gasteiger charge is 2.34. The molecular formula is C14H8BrClF3NO. The lowest BCUT2D eigenvalue weighted by molar-refractivity contribution is -0.137. The van der Waals surface area contributed by atoms with Gasteiger partial charge in [-0.15, -0.1) is 0 Å². The molecule has 7 heteroatoms. The van der Waals surface area contributed by atoms with Gasteiger partial charge in [0, 0.05) is 9.50 Å². The first kappa shape index (κ1) is 15.9. The number of alkyl halides is 3. The molecule has 1 amide bonds. The molecule has 110 valence electrons. The van der Waals surface area contributed by atoms with Gasteiger partial charge in [-0.1, -0.05) is 23.7 Å². The maximum atomic E-state index is 12.9. The minimum Gasteiger partial charge on any atom is -0.321 e. The van der Waals surface area contributed by atoms with E-state index in [-0.39, 0.29) is 0 Å². The van der Waals surface area contributed by atoms with Crippen LogP contribution in [0.15, 0.2) is 46.9 Å². The summed E-state index contributed by atoms with van der Waals surface area (Å²) in [7, 11) is 0. The van der Waals surface area contributed by atoms with Gasteiger partial charge in [-0.25, -0.2) is 0 Å². The first-order valence-electron chi connectivity index (χ1n) is 5.71. The van der Waals surface area contributed by atoms with Crippen LogP contribution in [0.1, 0.15) is 15.9 Å². The topological polar surface area (TPSA) is 29.1 Å². The van der Waals surface area contributed by atoms with Crippen molar-refractivity contribution in [2.24, 2.45) is 0 Å². The van der Waals surface area contributed by atoms with E-state index in [4.69, 9.17) is 11.6 Å². The molecule has 0 atom stereocenters. The van der Waals surface area contributed by atoms with E-state index in [0.717, 1.165) is 12.1 Å². The Morgan fingerprint density at radius 3 is 2.48 bits per heavy atom. The zero-order chi connectivity index (χ0) is 15.6. The number of benzene rings is 2. The highest BCUT2D eigenvalue weighted by Crippen LogP contribution is 2.33. The molecule has 0 spiro atoms. The fourth-order valence-corrected chi connectivity index (χ4v) is 2.23. The molecule has 21 heavy (non-hydrogen) atoms. The lowest BCUT2D eigenvalue weighted by atomic mass is 10.1. The minimum atomic E-state index is -4.60. The van der Waals surface area contributed by atoms with Crippen molar-refractivity contribution in [2.45, 2.75) is 6.18 Å². The zero-order valence-electron chi connectivity index (χ0n) is 10.3. The Kier molecular flexibility index (Phi) is 4.58. The van der Waals surface area contributed by atoms with Gasteiger partial charge in [-0.3, -0.25) is 4.79 Å². The number of anilines is 1. The van der Waals surface area contributed by atoms with E-state index >= 15 is 0 Å². The van der Waals surface area contributed by atoms with Crippen LogP contribution in [-0.4, -0.2) is 5.91 Å². The molecule has 2 rings (SSSR count). The van der Waals surface area contributed by atoms with Crippen molar-refractivity contribution in [3.63, 3.8) is 0 Å². The van der Waals surface area contributed by atoms with Crippen molar-refractivity contribution in [1.82, 2.24) is 0 Å². The lowest BCUT2D eigenvalue weighted by Gasteiger charge is -2.13. The number of halogens is 5. The SMILES string of the molecule is O=C(Nc1cc(Cl)ccc1Br)c1ccccc1C(F)(F)F. The van der Waals surface area contributed by atoms with E-state index in [1.54, 1.807) is 12.1 Å². The second-order valence-electron chi connectivity index (χ2n) is 4.12. The van der Waals surface area contributed by atoms with E-state index < -0.39 is 23.2 Å². The van der Waals surface area contributed by atoms with Crippen LogP contribution in [0.3, 0.4) is 0 Å². The van der Waals surface area contributed by atoms with Crippen LogP contribution in [0.2, 0.25) is 5.02 Å². The predicted molar refractivity (Wildman–Crippen MR) is 78.5 cm³/mol. The fraction of sp³-hybridized carbons (Fsp3) is 0.0714. The molecule has 0 saturated heterocycles. The molecule has 0 bridgehead atoms. The van der Waals surface area contributed by atoms with Crippen molar-refractivity contribution in [3.05, 3.63) is 63.1 Å². The second-order valence-corrected chi connectivity index (χ2v) is 5.41. The molecular weight excluding hydrogens is 371 g/mol. The van der Waals surface area contributed by atoms with Crippen LogP contribution in [0, 0.1) is 0 Å². The van der Waals surface area contributed by atoms with Crippen molar-refractivity contribution < 1.29 is 18.0 Å². The Bertz CT molecular complexity index is 688. The molecule has 2 nitrogen and oxygen atoms in total. The monoisotopic (exact) mass is 377 g/mol. The summed E-state index contributed by atoms with van der Waals surface area (Å²) >= 11 is 8.99. The van der Waals surface area contributed by atoms with Crippen LogP contribution in [-0.2, 0) is 6.18 Å². The third kappa shape index (κ3) is 3.77. The van der Waals surface area contributed by atoms with Crippen LogP contribution in [0.4, 0.5) is 18.9 Å². The molecule has 0 fully saturated rings. The number of rotatable bonds is 2. The quantitative estimate of drug-likeness (QED) is 0.747. The molecule has 0 heterocycles. The number of carbonyl (C=O) groups is 1. The Labute approximate surface area is 132 Å². The molecule has 1 N–H and O–H groups in total. The maximum Gasteiger partial charge on any atom is 0.417 e. The van der Waals surface area contributed by atoms with Gasteiger partial charge in [-0.05, 0) is 46.3 Å². The largest absolute Gasteiger partial charge is 0.417 e. The summed E-state index contributed by atoms with van der Waals surface area (Å²) in [5.74, 6) is -0.856. The van der Waals surface area contributed by atoms with Gasteiger partial charge in [0.2, 0.25) is 0 Å². The number of amides is 1. The number of carbonyl (C=O) groups excluding carboxylic acids is 1. The average Bonchev–Trinajstić information content (AvgIpc) is 2.42. The molecule has 0 aliphatic rings. The third-order valence-electron chi connectivity index (χ3n) is 2.65. The van der Waals surface area contributed by atoms with Crippen LogP contribution in [0.25, 0.3) is 0 Å². The summed E-state index contributed by atoms with van der Waals surface area (Å²) in [6.45, 7) is 0. The van der Waals surface area contributed by atoms with E-state index in [9.17, 15) is 18.0 Å². The van der Waals surface area contributed by atoms with E-state index in [1.807, 2.05) is 0 Å². The number of nitrogens with one attached hydrogen (secondary N) is 1. The molecule has 0 aromatic heterocycles. The molecule has 0 aliphatic carbocycles. The van der Waals surface area contributed by atoms with Crippen LogP contribution >= 0.6 is 27.5 Å². The summed E-state index contributed by atoms with van der Waals surface area (Å²) < 4.78 is 39.2. The summed E-state index contributed by atoms with van der Waals surface area (Å²) in [5, 5.41) is 2.77. The van der Waals surface area contributed by atoms with Crippen LogP contribution < -0.4 is 5.32 Å². The normalized spacial score (nSPS) is 11.3. The highest BCUT2D eigenvalue weighted by molar-refractivity contribution is 9.10. The summed E-state index contributed by atoms with van der Waals surface area (Å²) in [4.78, 5) is 12.1. The number of hydrogen-bond donors (Lipinski definition) is 1. The smallest absolute Gasteiger partial charge is 0.321 e. The van der Waals surface area contributed by atoms with E-state index in [2.05, 4.69) is 21.2 Å². The van der Waals surface area contributed by atoms with Gasteiger partial charge in [0.05, 0.1) is 16.8 Å². The van der Waals surface area contributed by atoms with Gasteiger partial charge in [0.1, 0.15) is 0 Å². The standard InChI is InChI=1S/C14H8BrClF3NO/c15-11-6-5-8(16)7-12(11)20-13(21)9-3-1-2-4-10(9)14(17,18)19/h1-7H,(H,20,21). The summed E-state index contributed by atoms with van der Waals surface area (Å²) in [6, 6.07) is 9.21. The van der Waals surface area contributed by atoms with Crippen molar-refractivity contribution in [3.8, 4) is 0 Å². The molecule has 0 aliphatic heterocycles. The average molecular weight is 379 g/mol. The minimum absolute atomic E-state index is 0.296. The van der Waals surface area contributed by atoms with E-state index in [1.165, 1.54) is 18.2 Å². The molecule has 2 aromatic rings. The molecule has 0 radical (unpaired) electrons. The van der Waals surface area contributed by atoms with Gasteiger partial charge >= 0.3 is 6.18 Å². The van der Waals surface area contributed by atoms with Gasteiger partial charge < -0.3 is 5.32 Å². The van der Waals surface area contributed by atoms with Gasteiger partial charge in [-0.2, -0.15) is 13.2 Å². The van der Waals surface area contributed by atoms with Crippen LogP contribution in [0.5, 0.6) is 0 Å². The Hall–Kier alpha value is -1.53. The second kappa shape index (κ2) is 6.07. The van der Waals surface area contributed by atoms with Crippen molar-refractivity contribution in [1.29, 1.82) is 0 Å². The predicted octanol–water partition coefficient (Wildman–Crippen LogP) is 5.37. The number of hydrogen-bond acceptors (Lipinski definition) is 1. The fourth-order valence-electron chi connectivity index (χ4n) is 1.71. The van der Waals surface area contributed by atoms with Crippen molar-refractivity contribution in [2.75, 3.05) is 5.32 Å².